The van der Waals surface area contributed by atoms with E-state index in [-0.39, 0.29) is 0 Å². The van der Waals surface area contributed by atoms with Crippen LogP contribution in [0.3, 0.4) is 0 Å². The Bertz CT molecular complexity index is 204. The second-order valence-corrected chi connectivity index (χ2v) is 3.98. The third kappa shape index (κ3) is 3.69. The largest absolute Gasteiger partial charge is 0.368 e. The first-order chi connectivity index (χ1) is 6.88. The highest BCUT2D eigenvalue weighted by molar-refractivity contribution is 4.94. The maximum atomic E-state index is 5.74. The van der Waals surface area contributed by atoms with Crippen molar-refractivity contribution in [2.24, 2.45) is 17.6 Å². The molecule has 0 aliphatic heterocycles. The van der Waals surface area contributed by atoms with Crippen LogP contribution in [0.15, 0.2) is 0 Å². The molecule has 2 nitrogen and oxygen atoms in total. The molecular formula is C12H21NO. The van der Waals surface area contributed by atoms with E-state index in [4.69, 9.17) is 10.5 Å². The van der Waals surface area contributed by atoms with Gasteiger partial charge in [0.2, 0.25) is 0 Å². The summed E-state index contributed by atoms with van der Waals surface area (Å²) in [4.78, 5) is 0. The van der Waals surface area contributed by atoms with E-state index in [0.717, 1.165) is 13.2 Å². The number of rotatable bonds is 4. The molecule has 0 aromatic carbocycles. The van der Waals surface area contributed by atoms with Crippen molar-refractivity contribution in [3.63, 3.8) is 0 Å². The van der Waals surface area contributed by atoms with Crippen molar-refractivity contribution in [2.45, 2.75) is 32.6 Å². The third-order valence-corrected chi connectivity index (χ3v) is 3.05. The number of hydrogen-bond donors (Lipinski definition) is 1. The van der Waals surface area contributed by atoms with Gasteiger partial charge in [-0.05, 0) is 38.1 Å². The van der Waals surface area contributed by atoms with Crippen LogP contribution in [-0.4, -0.2) is 19.8 Å². The lowest BCUT2D eigenvalue weighted by Gasteiger charge is -2.30. The Morgan fingerprint density at radius 2 is 2.00 bits per heavy atom. The van der Waals surface area contributed by atoms with Crippen molar-refractivity contribution in [3.8, 4) is 11.8 Å². The summed E-state index contributed by atoms with van der Waals surface area (Å²) in [6.07, 6.45) is 5.24. The molecule has 0 amide bonds. The zero-order valence-corrected chi connectivity index (χ0v) is 9.09. The maximum Gasteiger partial charge on any atom is 0.107 e. The van der Waals surface area contributed by atoms with Gasteiger partial charge in [0.05, 0.1) is 6.61 Å². The van der Waals surface area contributed by atoms with Gasteiger partial charge >= 0.3 is 0 Å². The van der Waals surface area contributed by atoms with E-state index >= 15 is 0 Å². The molecule has 2 unspecified atom stereocenters. The average molecular weight is 195 g/mol. The van der Waals surface area contributed by atoms with Crippen molar-refractivity contribution in [2.75, 3.05) is 19.8 Å². The Labute approximate surface area is 87.2 Å². The molecule has 80 valence electrons. The van der Waals surface area contributed by atoms with Gasteiger partial charge in [0, 0.05) is 0 Å². The zero-order chi connectivity index (χ0) is 10.2. The lowest BCUT2D eigenvalue weighted by molar-refractivity contribution is 0.0798. The Morgan fingerprint density at radius 3 is 2.64 bits per heavy atom. The highest BCUT2D eigenvalue weighted by atomic mass is 16.5. The first kappa shape index (κ1) is 11.6. The molecule has 2 N–H and O–H groups in total. The molecule has 0 bridgehead atoms. The fourth-order valence-corrected chi connectivity index (χ4v) is 2.15. The highest BCUT2D eigenvalue weighted by Gasteiger charge is 2.23. The van der Waals surface area contributed by atoms with Crippen LogP contribution in [0.5, 0.6) is 0 Å². The third-order valence-electron chi connectivity index (χ3n) is 3.05. The lowest BCUT2D eigenvalue weighted by Crippen LogP contribution is -2.29. The minimum absolute atomic E-state index is 0.574. The van der Waals surface area contributed by atoms with Crippen LogP contribution in [0, 0.1) is 23.7 Å². The molecule has 1 fully saturated rings. The summed E-state index contributed by atoms with van der Waals surface area (Å²) >= 11 is 0. The second-order valence-electron chi connectivity index (χ2n) is 3.98. The molecule has 1 saturated carbocycles. The maximum absolute atomic E-state index is 5.74. The smallest absolute Gasteiger partial charge is 0.107 e. The molecule has 0 aromatic rings. The minimum atomic E-state index is 0.574. The lowest BCUT2D eigenvalue weighted by atomic mass is 9.80. The molecule has 1 aliphatic carbocycles. The van der Waals surface area contributed by atoms with E-state index in [0.29, 0.717) is 18.4 Å². The van der Waals surface area contributed by atoms with Crippen LogP contribution in [0.2, 0.25) is 0 Å². The first-order valence-corrected chi connectivity index (χ1v) is 5.56. The topological polar surface area (TPSA) is 35.2 Å². The predicted octanol–water partition coefficient (Wildman–Crippen LogP) is 1.79. The van der Waals surface area contributed by atoms with Gasteiger partial charge in [-0.3, -0.25) is 0 Å². The number of nitrogens with two attached hydrogens (primary N) is 1. The van der Waals surface area contributed by atoms with E-state index in [9.17, 15) is 0 Å². The first-order valence-electron chi connectivity index (χ1n) is 5.56. The standard InChI is InChI=1S/C12H21NO/c1-2-3-8-14-10-12-7-5-4-6-11(12)9-13/h11-12H,4-10,13H2,1H3. The SMILES string of the molecule is CC#CCOCC1CCCCC1CN. The summed E-state index contributed by atoms with van der Waals surface area (Å²) in [6.45, 7) is 4.07. The number of ether oxygens (including phenoxy) is 1. The van der Waals surface area contributed by atoms with Crippen LogP contribution < -0.4 is 5.73 Å². The predicted molar refractivity (Wildman–Crippen MR) is 58.8 cm³/mol. The quantitative estimate of drug-likeness (QED) is 0.548. The van der Waals surface area contributed by atoms with Gasteiger partial charge < -0.3 is 10.5 Å². The summed E-state index contributed by atoms with van der Waals surface area (Å²) in [5.41, 5.74) is 5.74. The molecule has 2 atom stereocenters. The Hall–Kier alpha value is -0.520. The van der Waals surface area contributed by atoms with E-state index in [1.165, 1.54) is 25.7 Å². The summed E-state index contributed by atoms with van der Waals surface area (Å²) in [7, 11) is 0. The molecule has 1 rings (SSSR count). The molecule has 0 aromatic heterocycles. The van der Waals surface area contributed by atoms with Crippen LogP contribution in [0.4, 0.5) is 0 Å². The van der Waals surface area contributed by atoms with Gasteiger partial charge in [-0.15, -0.1) is 5.92 Å². The van der Waals surface area contributed by atoms with Crippen molar-refractivity contribution in [3.05, 3.63) is 0 Å². The van der Waals surface area contributed by atoms with Crippen molar-refractivity contribution in [1.29, 1.82) is 0 Å². The second kappa shape index (κ2) is 6.86. The normalized spacial score (nSPS) is 26.7. The van der Waals surface area contributed by atoms with Crippen molar-refractivity contribution < 1.29 is 4.74 Å². The summed E-state index contributed by atoms with van der Waals surface area (Å²) in [5, 5.41) is 0. The summed E-state index contributed by atoms with van der Waals surface area (Å²) in [6, 6.07) is 0. The van der Waals surface area contributed by atoms with Crippen molar-refractivity contribution in [1.82, 2.24) is 0 Å². The van der Waals surface area contributed by atoms with Gasteiger partial charge in [0.15, 0.2) is 0 Å². The Kier molecular flexibility index (Phi) is 5.66. The van der Waals surface area contributed by atoms with Crippen molar-refractivity contribution >= 4 is 0 Å². The summed E-state index contributed by atoms with van der Waals surface area (Å²) < 4.78 is 5.52. The molecule has 0 spiro atoms. The fraction of sp³-hybridized carbons (Fsp3) is 0.833. The highest BCUT2D eigenvalue weighted by Crippen LogP contribution is 2.29. The van der Waals surface area contributed by atoms with Gasteiger partial charge in [-0.25, -0.2) is 0 Å². The van der Waals surface area contributed by atoms with Crippen LogP contribution in [0.1, 0.15) is 32.6 Å². The summed E-state index contributed by atoms with van der Waals surface area (Å²) in [5.74, 6) is 7.10. The van der Waals surface area contributed by atoms with Gasteiger partial charge in [-0.1, -0.05) is 18.8 Å². The Balaban J connectivity index is 2.21. The van der Waals surface area contributed by atoms with Crippen LogP contribution in [-0.2, 0) is 4.74 Å². The minimum Gasteiger partial charge on any atom is -0.368 e. The zero-order valence-electron chi connectivity index (χ0n) is 9.09. The van der Waals surface area contributed by atoms with Gasteiger partial charge in [-0.2, -0.15) is 0 Å². The molecule has 14 heavy (non-hydrogen) atoms. The van der Waals surface area contributed by atoms with E-state index < -0.39 is 0 Å². The van der Waals surface area contributed by atoms with Crippen LogP contribution >= 0.6 is 0 Å². The molecular weight excluding hydrogens is 174 g/mol. The van der Waals surface area contributed by atoms with Gasteiger partial charge in [0.25, 0.3) is 0 Å². The number of hydrogen-bond acceptors (Lipinski definition) is 2. The molecule has 1 aliphatic rings. The van der Waals surface area contributed by atoms with E-state index in [1.54, 1.807) is 0 Å². The Morgan fingerprint density at radius 1 is 1.29 bits per heavy atom. The monoisotopic (exact) mass is 195 g/mol. The van der Waals surface area contributed by atoms with E-state index in [2.05, 4.69) is 11.8 Å². The molecule has 0 radical (unpaired) electrons. The average Bonchev–Trinajstić information content (AvgIpc) is 2.25. The van der Waals surface area contributed by atoms with E-state index in [1.807, 2.05) is 6.92 Å². The van der Waals surface area contributed by atoms with Crippen LogP contribution in [0.25, 0.3) is 0 Å². The molecule has 0 heterocycles. The molecule has 0 saturated heterocycles. The molecule has 2 heteroatoms. The van der Waals surface area contributed by atoms with Gasteiger partial charge in [0.1, 0.15) is 6.61 Å². The fourth-order valence-electron chi connectivity index (χ4n) is 2.15.